The number of ether oxygens (including phenoxy) is 1. The standard InChI is InChI=1S/C22H24F2N4O2/c1-2-20(29)27-10-8-15-21-16(12-27)25-9-7-18(21)28(26-15)17-6-5-14(13-3-4-13)11-19(17)30-22(23)24/h2,5-6,11,13,16,22,25H,1,3-4,7-10,12H2. The molecule has 0 saturated heterocycles. The molecule has 158 valence electrons. The fraction of sp³-hybridized carbons (Fsp3) is 0.455. The van der Waals surface area contributed by atoms with E-state index in [1.54, 1.807) is 15.6 Å². The van der Waals surface area contributed by atoms with Gasteiger partial charge in [-0.25, -0.2) is 4.68 Å². The average molecular weight is 414 g/mol. The molecule has 2 aliphatic heterocycles. The molecule has 30 heavy (non-hydrogen) atoms. The van der Waals surface area contributed by atoms with Crippen molar-refractivity contribution in [3.8, 4) is 11.4 Å². The Hall–Kier alpha value is -2.74. The Morgan fingerprint density at radius 3 is 2.90 bits per heavy atom. The normalized spacial score (nSPS) is 20.6. The van der Waals surface area contributed by atoms with E-state index in [4.69, 9.17) is 9.84 Å². The van der Waals surface area contributed by atoms with Crippen LogP contribution in [0.1, 0.15) is 47.3 Å². The van der Waals surface area contributed by atoms with Gasteiger partial charge in [-0.1, -0.05) is 12.6 Å². The third-order valence-corrected chi connectivity index (χ3v) is 6.18. The van der Waals surface area contributed by atoms with E-state index >= 15 is 0 Å². The lowest BCUT2D eigenvalue weighted by molar-refractivity contribution is -0.126. The number of halogens is 2. The molecule has 0 radical (unpaired) electrons. The van der Waals surface area contributed by atoms with Crippen molar-refractivity contribution in [2.45, 2.75) is 44.3 Å². The first-order valence-electron chi connectivity index (χ1n) is 10.4. The van der Waals surface area contributed by atoms with Gasteiger partial charge in [-0.05, 0) is 42.5 Å². The van der Waals surface area contributed by atoms with E-state index in [0.29, 0.717) is 31.1 Å². The Balaban J connectivity index is 1.56. The summed E-state index contributed by atoms with van der Waals surface area (Å²) in [6.07, 6.45) is 4.85. The van der Waals surface area contributed by atoms with Crippen molar-refractivity contribution in [3.05, 3.63) is 53.4 Å². The molecule has 1 saturated carbocycles. The molecule has 1 N–H and O–H groups in total. The molecular weight excluding hydrogens is 390 g/mol. The predicted molar refractivity (Wildman–Crippen MR) is 107 cm³/mol. The van der Waals surface area contributed by atoms with Crippen LogP contribution in [0.4, 0.5) is 8.78 Å². The second kappa shape index (κ2) is 7.50. The molecule has 1 unspecified atom stereocenters. The minimum absolute atomic E-state index is 0.0332. The van der Waals surface area contributed by atoms with Crippen LogP contribution >= 0.6 is 0 Å². The molecule has 3 heterocycles. The number of nitrogens with zero attached hydrogens (tertiary/aromatic N) is 3. The highest BCUT2D eigenvalue weighted by molar-refractivity contribution is 5.87. The molecule has 2 aromatic rings. The Morgan fingerprint density at radius 2 is 2.17 bits per heavy atom. The van der Waals surface area contributed by atoms with E-state index in [0.717, 1.165) is 48.3 Å². The molecule has 5 rings (SSSR count). The summed E-state index contributed by atoms with van der Waals surface area (Å²) < 4.78 is 33.0. The van der Waals surface area contributed by atoms with Crippen LogP contribution in [0, 0.1) is 0 Å². The van der Waals surface area contributed by atoms with E-state index in [9.17, 15) is 13.6 Å². The van der Waals surface area contributed by atoms with Gasteiger partial charge >= 0.3 is 6.61 Å². The van der Waals surface area contributed by atoms with Gasteiger partial charge in [-0.15, -0.1) is 0 Å². The van der Waals surface area contributed by atoms with Gasteiger partial charge in [0.15, 0.2) is 5.75 Å². The molecule has 0 bridgehead atoms. The zero-order chi connectivity index (χ0) is 20.8. The number of carbonyl (C=O) groups excluding carboxylic acids is 1. The second-order valence-electron chi connectivity index (χ2n) is 8.09. The number of hydrogen-bond acceptors (Lipinski definition) is 4. The lowest BCUT2D eigenvalue weighted by atomic mass is 9.98. The molecule has 1 atom stereocenters. The summed E-state index contributed by atoms with van der Waals surface area (Å²) in [7, 11) is 0. The maximum absolute atomic E-state index is 13.1. The van der Waals surface area contributed by atoms with Gasteiger partial charge in [0.25, 0.3) is 0 Å². The van der Waals surface area contributed by atoms with Crippen molar-refractivity contribution in [1.82, 2.24) is 20.0 Å². The van der Waals surface area contributed by atoms with Crippen LogP contribution in [0.2, 0.25) is 0 Å². The van der Waals surface area contributed by atoms with Crippen LogP contribution in [0.5, 0.6) is 5.75 Å². The van der Waals surface area contributed by atoms with Crippen molar-refractivity contribution >= 4 is 5.91 Å². The van der Waals surface area contributed by atoms with E-state index in [1.165, 1.54) is 6.08 Å². The molecule has 3 aliphatic rings. The third-order valence-electron chi connectivity index (χ3n) is 6.18. The van der Waals surface area contributed by atoms with Gasteiger partial charge in [0.1, 0.15) is 5.69 Å². The van der Waals surface area contributed by atoms with Crippen LogP contribution in [0.25, 0.3) is 5.69 Å². The first kappa shape index (κ1) is 19.2. The van der Waals surface area contributed by atoms with Gasteiger partial charge in [0, 0.05) is 38.0 Å². The lowest BCUT2D eigenvalue weighted by Gasteiger charge is -2.28. The first-order chi connectivity index (χ1) is 14.5. The van der Waals surface area contributed by atoms with Crippen LogP contribution < -0.4 is 10.1 Å². The third kappa shape index (κ3) is 3.39. The average Bonchev–Trinajstić information content (AvgIpc) is 3.54. The molecule has 1 aromatic heterocycles. The summed E-state index contributed by atoms with van der Waals surface area (Å²) in [5.74, 6) is 0.515. The summed E-state index contributed by atoms with van der Waals surface area (Å²) in [6, 6.07) is 5.54. The van der Waals surface area contributed by atoms with Gasteiger partial charge in [-0.2, -0.15) is 13.9 Å². The number of alkyl halides is 2. The summed E-state index contributed by atoms with van der Waals surface area (Å²) in [5.41, 5.74) is 4.56. The van der Waals surface area contributed by atoms with Crippen molar-refractivity contribution in [2.75, 3.05) is 19.6 Å². The maximum atomic E-state index is 13.1. The van der Waals surface area contributed by atoms with Crippen molar-refractivity contribution in [3.63, 3.8) is 0 Å². The molecule has 1 amide bonds. The number of aromatic nitrogens is 2. The monoisotopic (exact) mass is 414 g/mol. The summed E-state index contributed by atoms with van der Waals surface area (Å²) in [6.45, 7) is 2.51. The van der Waals surface area contributed by atoms with E-state index < -0.39 is 6.61 Å². The minimum atomic E-state index is -2.89. The maximum Gasteiger partial charge on any atom is 0.387 e. The van der Waals surface area contributed by atoms with Crippen LogP contribution in [0.3, 0.4) is 0 Å². The lowest BCUT2D eigenvalue weighted by Crippen LogP contribution is -2.40. The number of carbonyl (C=O) groups is 1. The molecule has 8 heteroatoms. The molecular formula is C22H24F2N4O2. The Bertz CT molecular complexity index is 999. The van der Waals surface area contributed by atoms with Crippen molar-refractivity contribution in [1.29, 1.82) is 0 Å². The summed E-state index contributed by atoms with van der Waals surface area (Å²) in [4.78, 5) is 13.9. The zero-order valence-electron chi connectivity index (χ0n) is 16.6. The SMILES string of the molecule is C=CC(=O)N1CCc2nn(-c3ccc(C4CC4)cc3OC(F)F)c3c2C(C1)NCC3. The highest BCUT2D eigenvalue weighted by Gasteiger charge is 2.34. The number of nitrogens with one attached hydrogen (secondary N) is 1. The van der Waals surface area contributed by atoms with Crippen molar-refractivity contribution in [2.24, 2.45) is 0 Å². The van der Waals surface area contributed by atoms with Gasteiger partial charge in [0.05, 0.1) is 17.4 Å². The molecule has 0 spiro atoms. The van der Waals surface area contributed by atoms with E-state index in [2.05, 4.69) is 11.9 Å². The quantitative estimate of drug-likeness (QED) is 0.764. The predicted octanol–water partition coefficient (Wildman–Crippen LogP) is 3.11. The molecule has 1 fully saturated rings. The summed E-state index contributed by atoms with van der Waals surface area (Å²) in [5, 5.41) is 8.29. The largest absolute Gasteiger partial charge is 0.433 e. The van der Waals surface area contributed by atoms with Gasteiger partial charge < -0.3 is 15.0 Å². The number of amides is 1. The number of benzene rings is 1. The highest BCUT2D eigenvalue weighted by atomic mass is 19.3. The van der Waals surface area contributed by atoms with Crippen LogP contribution in [0.15, 0.2) is 30.9 Å². The van der Waals surface area contributed by atoms with E-state index in [1.807, 2.05) is 12.1 Å². The number of rotatable bonds is 5. The fourth-order valence-corrected chi connectivity index (χ4v) is 4.61. The smallest absolute Gasteiger partial charge is 0.387 e. The zero-order valence-corrected chi connectivity index (χ0v) is 16.6. The van der Waals surface area contributed by atoms with Gasteiger partial charge in [-0.3, -0.25) is 4.79 Å². The topological polar surface area (TPSA) is 59.4 Å². The van der Waals surface area contributed by atoms with Crippen LogP contribution in [-0.2, 0) is 17.6 Å². The van der Waals surface area contributed by atoms with E-state index in [-0.39, 0.29) is 17.7 Å². The Labute approximate surface area is 173 Å². The van der Waals surface area contributed by atoms with Crippen LogP contribution in [-0.4, -0.2) is 46.8 Å². The molecule has 6 nitrogen and oxygen atoms in total. The molecule has 1 aliphatic carbocycles. The van der Waals surface area contributed by atoms with Gasteiger partial charge in [0.2, 0.25) is 5.91 Å². The highest BCUT2D eigenvalue weighted by Crippen LogP contribution is 2.43. The van der Waals surface area contributed by atoms with Crippen molar-refractivity contribution < 1.29 is 18.3 Å². The summed E-state index contributed by atoms with van der Waals surface area (Å²) >= 11 is 0. The fourth-order valence-electron chi connectivity index (χ4n) is 4.61. The minimum Gasteiger partial charge on any atom is -0.433 e. The second-order valence-corrected chi connectivity index (χ2v) is 8.09. The first-order valence-corrected chi connectivity index (χ1v) is 10.4. The Morgan fingerprint density at radius 1 is 1.33 bits per heavy atom. The number of hydrogen-bond donors (Lipinski definition) is 1. The Kier molecular flexibility index (Phi) is 4.81. The molecule has 1 aromatic carbocycles.